The highest BCUT2D eigenvalue weighted by molar-refractivity contribution is 14.0. The van der Waals surface area contributed by atoms with Gasteiger partial charge in [-0.2, -0.15) is 0 Å². The summed E-state index contributed by atoms with van der Waals surface area (Å²) in [4.78, 5) is 8.92. The molecule has 1 aliphatic rings. The molecule has 1 fully saturated rings. The standard InChI is InChI=1S/C23H32N4O2.HI/c1-3-25-23(26-11-8-19-5-4-10-24-14-19)27-15-21-7-6-18(2)13-22(21)29-17-20-9-12-28-16-20;/h4-7,10,13-14,20H,3,8-9,11-12,15-17H2,1-2H3,(H2,25,26,27);1H. The first-order valence-electron chi connectivity index (χ1n) is 10.5. The van der Waals surface area contributed by atoms with Crippen LogP contribution in [0.1, 0.15) is 30.0 Å². The van der Waals surface area contributed by atoms with E-state index < -0.39 is 0 Å². The Kier molecular flexibility index (Phi) is 10.9. The van der Waals surface area contributed by atoms with Gasteiger partial charge in [0.15, 0.2) is 5.96 Å². The van der Waals surface area contributed by atoms with Crippen molar-refractivity contribution in [1.29, 1.82) is 0 Å². The second kappa shape index (κ2) is 13.4. The molecule has 0 spiro atoms. The van der Waals surface area contributed by atoms with E-state index in [-0.39, 0.29) is 24.0 Å². The van der Waals surface area contributed by atoms with Crippen LogP contribution in [0.15, 0.2) is 47.7 Å². The van der Waals surface area contributed by atoms with E-state index >= 15 is 0 Å². The summed E-state index contributed by atoms with van der Waals surface area (Å²) >= 11 is 0. The maximum Gasteiger partial charge on any atom is 0.191 e. The second-order valence-corrected chi connectivity index (χ2v) is 7.39. The van der Waals surface area contributed by atoms with Gasteiger partial charge in [0.2, 0.25) is 0 Å². The van der Waals surface area contributed by atoms with Crippen molar-refractivity contribution in [2.24, 2.45) is 10.9 Å². The van der Waals surface area contributed by atoms with Gasteiger partial charge in [-0.3, -0.25) is 4.98 Å². The Morgan fingerprint density at radius 3 is 2.93 bits per heavy atom. The number of aliphatic imine (C=N–C) groups is 1. The number of pyridine rings is 1. The molecule has 30 heavy (non-hydrogen) atoms. The molecule has 0 aliphatic carbocycles. The third-order valence-electron chi connectivity index (χ3n) is 4.90. The number of ether oxygens (including phenoxy) is 2. The zero-order valence-corrected chi connectivity index (χ0v) is 20.2. The fraction of sp³-hybridized carbons (Fsp3) is 0.478. The monoisotopic (exact) mass is 524 g/mol. The molecule has 2 heterocycles. The van der Waals surface area contributed by atoms with Gasteiger partial charge in [0.25, 0.3) is 0 Å². The third kappa shape index (κ3) is 8.10. The summed E-state index contributed by atoms with van der Waals surface area (Å²) in [7, 11) is 0. The number of rotatable bonds is 9. The van der Waals surface area contributed by atoms with Crippen molar-refractivity contribution in [2.75, 3.05) is 32.9 Å². The highest BCUT2D eigenvalue weighted by Crippen LogP contribution is 2.23. The van der Waals surface area contributed by atoms with Gasteiger partial charge in [-0.15, -0.1) is 24.0 Å². The quantitative estimate of drug-likeness (QED) is 0.298. The number of nitrogens with zero attached hydrogens (tertiary/aromatic N) is 2. The highest BCUT2D eigenvalue weighted by Gasteiger charge is 2.17. The minimum Gasteiger partial charge on any atom is -0.493 e. The number of nitrogens with one attached hydrogen (secondary N) is 2. The number of aromatic nitrogens is 1. The molecule has 1 aromatic carbocycles. The van der Waals surface area contributed by atoms with Crippen molar-refractivity contribution in [3.63, 3.8) is 0 Å². The average molecular weight is 524 g/mol. The molecule has 1 saturated heterocycles. The summed E-state index contributed by atoms with van der Waals surface area (Å²) in [5.74, 6) is 2.22. The van der Waals surface area contributed by atoms with Crippen molar-refractivity contribution in [3.05, 3.63) is 59.4 Å². The van der Waals surface area contributed by atoms with Gasteiger partial charge in [0, 0.05) is 43.6 Å². The molecule has 0 amide bonds. The second-order valence-electron chi connectivity index (χ2n) is 7.39. The van der Waals surface area contributed by atoms with Crippen LogP contribution in [0.2, 0.25) is 0 Å². The first-order chi connectivity index (χ1) is 14.2. The maximum atomic E-state index is 6.14. The summed E-state index contributed by atoms with van der Waals surface area (Å²) < 4.78 is 11.6. The first-order valence-corrected chi connectivity index (χ1v) is 10.5. The number of benzene rings is 1. The van der Waals surface area contributed by atoms with E-state index in [4.69, 9.17) is 14.5 Å². The molecule has 3 rings (SSSR count). The van der Waals surface area contributed by atoms with E-state index in [1.165, 1.54) is 11.1 Å². The number of aryl methyl sites for hydroxylation is 1. The highest BCUT2D eigenvalue weighted by atomic mass is 127. The van der Waals surface area contributed by atoms with Crippen LogP contribution in [0.25, 0.3) is 0 Å². The Morgan fingerprint density at radius 1 is 1.30 bits per heavy atom. The minimum absolute atomic E-state index is 0. The predicted octanol–water partition coefficient (Wildman–Crippen LogP) is 3.72. The Balaban J connectivity index is 0.00000320. The summed E-state index contributed by atoms with van der Waals surface area (Å²) in [6.45, 7) is 8.68. The molecule has 1 aliphatic heterocycles. The van der Waals surface area contributed by atoms with Crippen molar-refractivity contribution in [3.8, 4) is 5.75 Å². The molecule has 1 unspecified atom stereocenters. The smallest absolute Gasteiger partial charge is 0.191 e. The van der Waals surface area contributed by atoms with Crippen LogP contribution in [-0.4, -0.2) is 43.9 Å². The summed E-state index contributed by atoms with van der Waals surface area (Å²) in [5, 5.41) is 6.71. The zero-order valence-electron chi connectivity index (χ0n) is 17.9. The predicted molar refractivity (Wildman–Crippen MR) is 132 cm³/mol. The molecule has 7 heteroatoms. The molecule has 0 bridgehead atoms. The first kappa shape index (κ1) is 24.4. The lowest BCUT2D eigenvalue weighted by molar-refractivity contribution is 0.166. The summed E-state index contributed by atoms with van der Waals surface area (Å²) in [6.07, 6.45) is 5.67. The molecule has 2 N–H and O–H groups in total. The normalized spacial score (nSPS) is 16.1. The Labute approximate surface area is 196 Å². The van der Waals surface area contributed by atoms with Gasteiger partial charge in [-0.25, -0.2) is 4.99 Å². The van der Waals surface area contributed by atoms with E-state index in [2.05, 4.69) is 53.7 Å². The van der Waals surface area contributed by atoms with E-state index in [0.29, 0.717) is 19.1 Å². The van der Waals surface area contributed by atoms with E-state index in [1.54, 1.807) is 6.20 Å². The fourth-order valence-electron chi connectivity index (χ4n) is 3.23. The van der Waals surface area contributed by atoms with Crippen LogP contribution in [0, 0.1) is 12.8 Å². The van der Waals surface area contributed by atoms with Gasteiger partial charge in [-0.05, 0) is 49.9 Å². The van der Waals surface area contributed by atoms with Gasteiger partial charge in [0.05, 0.1) is 19.8 Å². The van der Waals surface area contributed by atoms with Crippen LogP contribution in [0.3, 0.4) is 0 Å². The maximum absolute atomic E-state index is 6.14. The van der Waals surface area contributed by atoms with E-state index in [1.807, 2.05) is 12.3 Å². The van der Waals surface area contributed by atoms with Crippen molar-refractivity contribution in [1.82, 2.24) is 15.6 Å². The Bertz CT molecular complexity index is 780. The van der Waals surface area contributed by atoms with Crippen LogP contribution in [0.4, 0.5) is 0 Å². The van der Waals surface area contributed by atoms with Crippen LogP contribution in [0.5, 0.6) is 5.75 Å². The Morgan fingerprint density at radius 2 is 2.20 bits per heavy atom. The number of hydrogen-bond acceptors (Lipinski definition) is 4. The fourth-order valence-corrected chi connectivity index (χ4v) is 3.23. The molecule has 6 nitrogen and oxygen atoms in total. The van der Waals surface area contributed by atoms with E-state index in [9.17, 15) is 0 Å². The van der Waals surface area contributed by atoms with Crippen molar-refractivity contribution >= 4 is 29.9 Å². The van der Waals surface area contributed by atoms with Crippen molar-refractivity contribution < 1.29 is 9.47 Å². The van der Waals surface area contributed by atoms with Gasteiger partial charge < -0.3 is 20.1 Å². The lowest BCUT2D eigenvalue weighted by Crippen LogP contribution is -2.38. The van der Waals surface area contributed by atoms with Crippen molar-refractivity contribution in [2.45, 2.75) is 33.2 Å². The van der Waals surface area contributed by atoms with Gasteiger partial charge in [-0.1, -0.05) is 18.2 Å². The molecule has 2 aromatic rings. The lowest BCUT2D eigenvalue weighted by atomic mass is 10.1. The molecule has 0 saturated carbocycles. The Hall–Kier alpha value is -1.87. The topological polar surface area (TPSA) is 67.8 Å². The van der Waals surface area contributed by atoms with Crippen LogP contribution < -0.4 is 15.4 Å². The molecule has 1 aromatic heterocycles. The van der Waals surface area contributed by atoms with Gasteiger partial charge in [0.1, 0.15) is 5.75 Å². The van der Waals surface area contributed by atoms with Crippen LogP contribution in [-0.2, 0) is 17.7 Å². The minimum atomic E-state index is 0. The van der Waals surface area contributed by atoms with Crippen LogP contribution >= 0.6 is 24.0 Å². The largest absolute Gasteiger partial charge is 0.493 e. The van der Waals surface area contributed by atoms with Gasteiger partial charge >= 0.3 is 0 Å². The molecule has 0 radical (unpaired) electrons. The molecule has 1 atom stereocenters. The third-order valence-corrected chi connectivity index (χ3v) is 4.90. The summed E-state index contributed by atoms with van der Waals surface area (Å²) in [5.41, 5.74) is 3.50. The SMILES string of the molecule is CCNC(=NCc1ccc(C)cc1OCC1CCOC1)NCCc1cccnc1.I. The lowest BCUT2D eigenvalue weighted by Gasteiger charge is -2.15. The number of guanidine groups is 1. The molecular weight excluding hydrogens is 491 g/mol. The number of hydrogen-bond donors (Lipinski definition) is 2. The van der Waals surface area contributed by atoms with E-state index in [0.717, 1.165) is 56.4 Å². The summed E-state index contributed by atoms with van der Waals surface area (Å²) in [6, 6.07) is 10.4. The zero-order chi connectivity index (χ0) is 20.3. The molecular formula is C23H33IN4O2. The number of halogens is 1. The average Bonchev–Trinajstić information content (AvgIpc) is 3.26. The molecule has 164 valence electrons.